The summed E-state index contributed by atoms with van der Waals surface area (Å²) in [7, 11) is -0.655. The predicted molar refractivity (Wildman–Crippen MR) is 127 cm³/mol. The van der Waals surface area contributed by atoms with E-state index in [1.54, 1.807) is 4.90 Å². The third-order valence-corrected chi connectivity index (χ3v) is 11.5. The van der Waals surface area contributed by atoms with Gasteiger partial charge in [-0.15, -0.1) is 0 Å². The molecular formula is C25H39NO4Si. The van der Waals surface area contributed by atoms with Crippen molar-refractivity contribution < 1.29 is 18.8 Å². The van der Waals surface area contributed by atoms with Crippen molar-refractivity contribution in [3.05, 3.63) is 47.7 Å². The van der Waals surface area contributed by atoms with Gasteiger partial charge in [-0.1, -0.05) is 65.0 Å². The molecule has 1 unspecified atom stereocenters. The molecule has 1 aromatic rings. The predicted octanol–water partition coefficient (Wildman–Crippen LogP) is 6.16. The van der Waals surface area contributed by atoms with Crippen LogP contribution in [0.25, 0.3) is 0 Å². The summed E-state index contributed by atoms with van der Waals surface area (Å²) in [5.41, 5.74) is 0.297. The van der Waals surface area contributed by atoms with Crippen LogP contribution in [-0.2, 0) is 20.5 Å². The number of hydrogen-bond donors (Lipinski definition) is 0. The Morgan fingerprint density at radius 2 is 1.87 bits per heavy atom. The molecular weight excluding hydrogens is 406 g/mol. The van der Waals surface area contributed by atoms with Crippen LogP contribution < -0.4 is 0 Å². The topological polar surface area (TPSA) is 55.8 Å². The normalized spacial score (nSPS) is 22.0. The summed E-state index contributed by atoms with van der Waals surface area (Å²) >= 11 is 0. The summed E-state index contributed by atoms with van der Waals surface area (Å²) in [5, 5.41) is 0.0622. The molecule has 172 valence electrons. The Morgan fingerprint density at radius 3 is 2.35 bits per heavy atom. The molecule has 1 aromatic carbocycles. The summed E-state index contributed by atoms with van der Waals surface area (Å²) in [6.45, 7) is 15.5. The maximum Gasteiger partial charge on any atom is 0.410 e. The first-order valence-corrected chi connectivity index (χ1v) is 14.0. The van der Waals surface area contributed by atoms with Crippen molar-refractivity contribution in [2.45, 2.75) is 78.2 Å². The van der Waals surface area contributed by atoms with Crippen LogP contribution in [0.15, 0.2) is 42.2 Å². The second-order valence-corrected chi connectivity index (χ2v) is 15.1. The van der Waals surface area contributed by atoms with Crippen LogP contribution in [0.5, 0.6) is 0 Å². The van der Waals surface area contributed by atoms with Crippen molar-refractivity contribution in [3.63, 3.8) is 0 Å². The fourth-order valence-corrected chi connectivity index (χ4v) is 5.05. The Morgan fingerprint density at radius 1 is 1.26 bits per heavy atom. The van der Waals surface area contributed by atoms with Crippen molar-refractivity contribution in [2.24, 2.45) is 11.3 Å². The van der Waals surface area contributed by atoms with Gasteiger partial charge >= 0.3 is 6.09 Å². The van der Waals surface area contributed by atoms with Crippen LogP contribution in [0.1, 0.15) is 53.0 Å². The van der Waals surface area contributed by atoms with E-state index in [0.717, 1.165) is 17.6 Å². The Bertz CT molecular complexity index is 797. The van der Waals surface area contributed by atoms with E-state index in [0.29, 0.717) is 19.4 Å². The molecule has 0 fully saturated rings. The van der Waals surface area contributed by atoms with E-state index >= 15 is 0 Å². The smallest absolute Gasteiger partial charge is 0.410 e. The average molecular weight is 446 g/mol. The monoisotopic (exact) mass is 445 g/mol. The number of nitrogens with zero attached hydrogens (tertiary/aromatic N) is 1. The van der Waals surface area contributed by atoms with Crippen molar-refractivity contribution in [1.29, 1.82) is 0 Å². The van der Waals surface area contributed by atoms with Gasteiger partial charge in [0.2, 0.25) is 8.32 Å². The molecule has 2 rings (SSSR count). The lowest BCUT2D eigenvalue weighted by Gasteiger charge is -2.47. The zero-order valence-electron chi connectivity index (χ0n) is 20.4. The maximum absolute atomic E-state index is 12.9. The number of rotatable bonds is 7. The third kappa shape index (κ3) is 5.40. The van der Waals surface area contributed by atoms with Gasteiger partial charge in [0.1, 0.15) is 6.29 Å². The highest BCUT2D eigenvalue weighted by atomic mass is 28.4. The molecule has 0 aliphatic heterocycles. The molecule has 0 N–H and O–H groups in total. The first-order valence-electron chi connectivity index (χ1n) is 11.1. The largest absolute Gasteiger partial charge is 0.547 e. The fraction of sp³-hybridized carbons (Fsp3) is 0.600. The number of carbonyl (C=O) groups is 2. The highest BCUT2D eigenvalue weighted by Gasteiger charge is 2.49. The van der Waals surface area contributed by atoms with Gasteiger partial charge in [0, 0.05) is 13.0 Å². The third-order valence-electron chi connectivity index (χ3n) is 7.13. The number of benzene rings is 1. The number of amides is 1. The van der Waals surface area contributed by atoms with Crippen molar-refractivity contribution in [3.8, 4) is 0 Å². The van der Waals surface area contributed by atoms with Crippen LogP contribution >= 0.6 is 0 Å². The molecule has 1 aliphatic carbocycles. The number of ether oxygens (including phenoxy) is 1. The minimum Gasteiger partial charge on any atom is -0.547 e. The molecule has 2 atom stereocenters. The van der Waals surface area contributed by atoms with Gasteiger partial charge in [0.05, 0.1) is 24.3 Å². The molecule has 31 heavy (non-hydrogen) atoms. The summed E-state index contributed by atoms with van der Waals surface area (Å²) in [6, 6.07) is 9.36. The highest BCUT2D eigenvalue weighted by Crippen LogP contribution is 2.46. The van der Waals surface area contributed by atoms with E-state index in [2.05, 4.69) is 33.9 Å². The van der Waals surface area contributed by atoms with Crippen LogP contribution in [0.2, 0.25) is 18.1 Å². The van der Waals surface area contributed by atoms with Crippen molar-refractivity contribution >= 4 is 20.7 Å². The average Bonchev–Trinajstić information content (AvgIpc) is 2.71. The lowest BCUT2D eigenvalue weighted by molar-refractivity contribution is -0.123. The first kappa shape index (κ1) is 25.2. The Balaban J connectivity index is 2.54. The second-order valence-electron chi connectivity index (χ2n) is 10.4. The second kappa shape index (κ2) is 9.59. The van der Waals surface area contributed by atoms with E-state index in [1.807, 2.05) is 50.3 Å². The first-order chi connectivity index (χ1) is 14.4. The Hall–Kier alpha value is -2.08. The van der Waals surface area contributed by atoms with Crippen LogP contribution in [0, 0.1) is 11.3 Å². The lowest BCUT2D eigenvalue weighted by Crippen LogP contribution is -2.54. The summed E-state index contributed by atoms with van der Waals surface area (Å²) in [4.78, 5) is 27.1. The van der Waals surface area contributed by atoms with E-state index in [9.17, 15) is 9.59 Å². The van der Waals surface area contributed by atoms with Crippen molar-refractivity contribution in [2.75, 3.05) is 7.11 Å². The fourth-order valence-electron chi connectivity index (χ4n) is 3.92. The minimum atomic E-state index is -2.04. The molecule has 0 heterocycles. The zero-order valence-corrected chi connectivity index (χ0v) is 21.4. The van der Waals surface area contributed by atoms with Crippen molar-refractivity contribution in [1.82, 2.24) is 4.90 Å². The Labute approximate surface area is 188 Å². The molecule has 0 spiro atoms. The van der Waals surface area contributed by atoms with E-state index < -0.39 is 25.9 Å². The number of methoxy groups -OCH3 is 1. The standard InChI is InChI=1S/C25H39NO4Si/c1-19(2)25(18-27)15-14-21(30-31(7,8)24(3,4)5)16-22(25)26(23(28)29-6)17-20-12-10-9-11-13-20/h9-13,16,18-19,22H,14-15,17H2,1-8H3/t22?,25-/m0/s1. The number of allylic oxidation sites excluding steroid dienone is 1. The molecule has 0 saturated heterocycles. The van der Waals surface area contributed by atoms with Gasteiger partial charge in [-0.3, -0.25) is 4.90 Å². The minimum absolute atomic E-state index is 0.0589. The van der Waals surface area contributed by atoms with Crippen LogP contribution in [0.4, 0.5) is 4.79 Å². The summed E-state index contributed by atoms with van der Waals surface area (Å²) < 4.78 is 11.8. The summed E-state index contributed by atoms with van der Waals surface area (Å²) in [5.74, 6) is 0.945. The molecule has 0 radical (unpaired) electrons. The molecule has 5 nitrogen and oxygen atoms in total. The number of hydrogen-bond acceptors (Lipinski definition) is 4. The van der Waals surface area contributed by atoms with Gasteiger partial charge in [-0.25, -0.2) is 4.79 Å². The van der Waals surface area contributed by atoms with E-state index in [1.165, 1.54) is 7.11 Å². The highest BCUT2D eigenvalue weighted by molar-refractivity contribution is 6.74. The van der Waals surface area contributed by atoms with E-state index in [-0.39, 0.29) is 11.0 Å². The summed E-state index contributed by atoms with van der Waals surface area (Å²) in [6.07, 6.45) is 3.95. The molecule has 1 amide bonds. The SMILES string of the molecule is COC(=O)N(Cc1ccccc1)C1C=C(O[Si](C)(C)C(C)(C)C)CC[C@]1(C=O)C(C)C. The lowest BCUT2D eigenvalue weighted by atomic mass is 9.66. The van der Waals surface area contributed by atoms with Gasteiger partial charge in [-0.05, 0) is 42.1 Å². The zero-order chi connectivity index (χ0) is 23.4. The maximum atomic E-state index is 12.9. The molecule has 0 aromatic heterocycles. The van der Waals surface area contributed by atoms with Gasteiger partial charge < -0.3 is 14.0 Å². The Kier molecular flexibility index (Phi) is 7.79. The molecule has 6 heteroatoms. The van der Waals surface area contributed by atoms with Gasteiger partial charge in [-0.2, -0.15) is 0 Å². The van der Waals surface area contributed by atoms with E-state index in [4.69, 9.17) is 9.16 Å². The van der Waals surface area contributed by atoms with Crippen LogP contribution in [-0.4, -0.2) is 38.7 Å². The van der Waals surface area contributed by atoms with Crippen LogP contribution in [0.3, 0.4) is 0 Å². The molecule has 0 bridgehead atoms. The van der Waals surface area contributed by atoms with Gasteiger partial charge in [0.15, 0.2) is 0 Å². The number of aldehydes is 1. The molecule has 1 aliphatic rings. The number of carbonyl (C=O) groups excluding carboxylic acids is 2. The van der Waals surface area contributed by atoms with Gasteiger partial charge in [0.25, 0.3) is 0 Å². The quantitative estimate of drug-likeness (QED) is 0.372. The molecule has 0 saturated carbocycles.